The van der Waals surface area contributed by atoms with E-state index in [1.54, 1.807) is 5.01 Å². The predicted octanol–water partition coefficient (Wildman–Crippen LogP) is 4.62. The van der Waals surface area contributed by atoms with E-state index in [2.05, 4.69) is 42.2 Å². The number of hydrazine groups is 1. The number of pyridine rings is 1. The molecule has 6 N–H and O–H groups in total. The first-order valence-electron chi connectivity index (χ1n) is 19.6. The fraction of sp³-hybridized carbons (Fsp3) is 0.439. The number of carboxylic acid groups (broad SMARTS) is 2. The van der Waals surface area contributed by atoms with Gasteiger partial charge in [0.15, 0.2) is 11.6 Å². The molecule has 6 rings (SSSR count). The molecule has 2 aliphatic rings. The van der Waals surface area contributed by atoms with Gasteiger partial charge in [-0.05, 0) is 81.5 Å². The highest BCUT2D eigenvalue weighted by molar-refractivity contribution is 6.03. The van der Waals surface area contributed by atoms with Gasteiger partial charge in [-0.25, -0.2) is 28.2 Å². The number of anilines is 1. The molecule has 2 aromatic carbocycles. The lowest BCUT2D eigenvalue weighted by atomic mass is 9.95. The number of rotatable bonds is 13. The van der Waals surface area contributed by atoms with Crippen molar-refractivity contribution in [3.05, 3.63) is 47.7 Å². The van der Waals surface area contributed by atoms with Crippen molar-refractivity contribution in [3.8, 4) is 35.4 Å². The van der Waals surface area contributed by atoms with Crippen LogP contribution in [0, 0.1) is 29.9 Å². The number of benzene rings is 2. The van der Waals surface area contributed by atoms with Crippen molar-refractivity contribution in [2.75, 3.05) is 37.8 Å². The summed E-state index contributed by atoms with van der Waals surface area (Å²) >= 11 is 0. The number of carboxylic acids is 2. The van der Waals surface area contributed by atoms with Gasteiger partial charge in [0, 0.05) is 43.2 Å². The maximum atomic E-state index is 17.2. The van der Waals surface area contributed by atoms with E-state index in [0.717, 1.165) is 31.7 Å². The molecule has 2 aromatic heterocycles. The summed E-state index contributed by atoms with van der Waals surface area (Å²) in [5, 5.41) is 28.2. The average molecular weight is 835 g/mol. The number of ether oxygens (including phenoxy) is 2. The minimum absolute atomic E-state index is 0.0664. The predicted molar refractivity (Wildman–Crippen MR) is 213 cm³/mol. The molecule has 4 aromatic rings. The molecule has 0 bridgehead atoms. The van der Waals surface area contributed by atoms with Gasteiger partial charge in [0.25, 0.3) is 0 Å². The Morgan fingerprint density at radius 3 is 2.67 bits per heavy atom. The van der Waals surface area contributed by atoms with Crippen LogP contribution in [0.2, 0.25) is 0 Å². The van der Waals surface area contributed by atoms with Crippen LogP contribution in [-0.2, 0) is 14.4 Å². The van der Waals surface area contributed by atoms with Gasteiger partial charge in [-0.15, -0.1) is 6.42 Å². The second-order valence-corrected chi connectivity index (χ2v) is 14.7. The lowest BCUT2D eigenvalue weighted by Crippen LogP contribution is -2.50. The minimum atomic E-state index is -1.54. The number of amides is 2. The average Bonchev–Trinajstić information content (AvgIpc) is 3.49. The first-order chi connectivity index (χ1) is 28.8. The number of fused-ring (bicyclic) bond motifs is 2. The number of nitrogens with one attached hydrogen (secondary N) is 4. The molecule has 2 amide bonds. The van der Waals surface area contributed by atoms with E-state index in [0.29, 0.717) is 31.9 Å². The van der Waals surface area contributed by atoms with Gasteiger partial charge in [0.2, 0.25) is 5.91 Å². The number of aliphatic carboxylic acids is 2. The van der Waals surface area contributed by atoms with E-state index >= 15 is 8.78 Å². The number of alkyl halides is 1. The van der Waals surface area contributed by atoms with Crippen LogP contribution in [0.25, 0.3) is 32.9 Å². The van der Waals surface area contributed by atoms with Crippen molar-refractivity contribution in [1.29, 1.82) is 0 Å². The second kappa shape index (κ2) is 19.7. The van der Waals surface area contributed by atoms with E-state index in [1.807, 2.05) is 0 Å². The number of aromatic nitrogens is 3. The van der Waals surface area contributed by atoms with Crippen molar-refractivity contribution >= 4 is 51.4 Å². The van der Waals surface area contributed by atoms with Gasteiger partial charge in [0.05, 0.1) is 17.6 Å². The Labute approximate surface area is 342 Å². The van der Waals surface area contributed by atoms with Crippen LogP contribution < -0.4 is 35.9 Å². The van der Waals surface area contributed by atoms with Crippen molar-refractivity contribution in [2.45, 2.75) is 76.5 Å². The number of halogens is 3. The molecule has 19 heteroatoms. The maximum Gasteiger partial charge on any atom is 0.413 e. The Bertz CT molecular complexity index is 2300. The summed E-state index contributed by atoms with van der Waals surface area (Å²) in [4.78, 5) is 61.9. The molecule has 0 radical (unpaired) electrons. The monoisotopic (exact) mass is 834 g/mol. The number of nitrogens with zero attached hydrogens (tertiary/aromatic N) is 4. The van der Waals surface area contributed by atoms with Crippen molar-refractivity contribution in [2.24, 2.45) is 5.92 Å². The van der Waals surface area contributed by atoms with Gasteiger partial charge in [-0.1, -0.05) is 18.4 Å². The molecule has 0 saturated carbocycles. The summed E-state index contributed by atoms with van der Waals surface area (Å²) in [5.74, 6) is -3.10. The Morgan fingerprint density at radius 2 is 1.90 bits per heavy atom. The maximum absolute atomic E-state index is 17.2. The molecule has 16 nitrogen and oxygen atoms in total. The number of carbonyl (C=O) groups is 4. The van der Waals surface area contributed by atoms with Crippen LogP contribution in [0.3, 0.4) is 0 Å². The standard InChI is InChI=1S/C41H45F3N8O8/c1-3-27-30(43)10-9-24-17-26(60-41(58)48-22(2)38(55)49-31(39(56)57)11-12-32(53)54)18-28(33(24)27)35-34(44)36-29(20-46-35)37(52-15-6-4-5-14-47-52)51-40(50-36)59-21-23-8-7-13-45-19-25(42)16-23/h1,9-10,17-18,20,22-23,25,31,45,47H,4-8,11-16,19,21H2,2H3,(H,48,58)(H,49,55)(H,53,54)(H,56,57)/t22-,23+,25+,31-/m0/s1. The van der Waals surface area contributed by atoms with E-state index < -0.39 is 66.7 Å². The Balaban J connectivity index is 1.36. The molecule has 2 saturated heterocycles. The fourth-order valence-electron chi connectivity index (χ4n) is 7.21. The van der Waals surface area contributed by atoms with Crippen LogP contribution in [0.5, 0.6) is 11.8 Å². The molecule has 0 aliphatic carbocycles. The first kappa shape index (κ1) is 43.3. The highest BCUT2D eigenvalue weighted by Gasteiger charge is 2.28. The molecule has 318 valence electrons. The molecule has 0 spiro atoms. The van der Waals surface area contributed by atoms with Crippen molar-refractivity contribution in [3.63, 3.8) is 0 Å². The lowest BCUT2D eigenvalue weighted by molar-refractivity contribution is -0.143. The summed E-state index contributed by atoms with van der Waals surface area (Å²) in [7, 11) is 0. The Hall–Kier alpha value is -6.26. The summed E-state index contributed by atoms with van der Waals surface area (Å²) < 4.78 is 58.6. The van der Waals surface area contributed by atoms with Gasteiger partial charge in [-0.2, -0.15) is 9.97 Å². The van der Waals surface area contributed by atoms with E-state index in [4.69, 9.17) is 21.0 Å². The molecule has 4 atom stereocenters. The number of hydrogen-bond donors (Lipinski definition) is 6. The van der Waals surface area contributed by atoms with Crippen molar-refractivity contribution < 1.29 is 52.0 Å². The quantitative estimate of drug-likeness (QED) is 0.101. The topological polar surface area (TPSA) is 217 Å². The Kier molecular flexibility index (Phi) is 14.2. The van der Waals surface area contributed by atoms with Gasteiger partial charge in [-0.3, -0.25) is 19.6 Å². The molecule has 4 heterocycles. The summed E-state index contributed by atoms with van der Waals surface area (Å²) in [5.41, 5.74) is 2.51. The largest absolute Gasteiger partial charge is 0.481 e. The molecular weight excluding hydrogens is 789 g/mol. The van der Waals surface area contributed by atoms with Crippen molar-refractivity contribution in [1.82, 2.24) is 36.3 Å². The van der Waals surface area contributed by atoms with E-state index in [1.165, 1.54) is 31.3 Å². The third-order valence-corrected chi connectivity index (χ3v) is 10.3. The Morgan fingerprint density at radius 1 is 1.08 bits per heavy atom. The third-order valence-electron chi connectivity index (χ3n) is 10.3. The van der Waals surface area contributed by atoms with Crippen LogP contribution >= 0.6 is 0 Å². The zero-order valence-electron chi connectivity index (χ0n) is 32.7. The van der Waals surface area contributed by atoms with Gasteiger partial charge < -0.3 is 35.6 Å². The zero-order valence-corrected chi connectivity index (χ0v) is 32.7. The summed E-state index contributed by atoms with van der Waals surface area (Å²) in [6.07, 6.45) is 8.45. The zero-order chi connectivity index (χ0) is 42.9. The first-order valence-corrected chi connectivity index (χ1v) is 19.6. The van der Waals surface area contributed by atoms with E-state index in [-0.39, 0.29) is 75.7 Å². The SMILES string of the molecule is C#Cc1c(F)ccc2cc(OC(=O)N[C@@H](C)C(=O)N[C@@H](CCC(=O)O)C(=O)O)cc(-c3ncc4c(N5CCCCCN5)nc(OC[C@@H]5CCCNC[C@H](F)C5)nc4c3F)c12. The molecule has 60 heavy (non-hydrogen) atoms. The van der Waals surface area contributed by atoms with Crippen LogP contribution in [0.1, 0.15) is 63.9 Å². The van der Waals surface area contributed by atoms with Gasteiger partial charge >= 0.3 is 24.0 Å². The molecular formula is C41H45F3N8O8. The highest BCUT2D eigenvalue weighted by Crippen LogP contribution is 2.39. The van der Waals surface area contributed by atoms with Gasteiger partial charge in [0.1, 0.15) is 41.0 Å². The summed E-state index contributed by atoms with van der Waals surface area (Å²) in [6.45, 7) is 3.44. The second-order valence-electron chi connectivity index (χ2n) is 14.7. The number of terminal acetylenes is 1. The number of hydrogen-bond acceptors (Lipinski definition) is 12. The lowest BCUT2D eigenvalue weighted by Gasteiger charge is -2.25. The van der Waals surface area contributed by atoms with E-state index in [9.17, 15) is 28.7 Å². The molecule has 2 fully saturated rings. The molecule has 2 aliphatic heterocycles. The minimum Gasteiger partial charge on any atom is -0.481 e. The van der Waals surface area contributed by atoms with Crippen LogP contribution in [-0.4, -0.2) is 100 Å². The molecule has 0 unspecified atom stereocenters. The van der Waals surface area contributed by atoms with Crippen LogP contribution in [0.4, 0.5) is 23.8 Å². The number of carbonyl (C=O) groups excluding carboxylic acids is 2. The smallest absolute Gasteiger partial charge is 0.413 e. The fourth-order valence-corrected chi connectivity index (χ4v) is 7.21. The summed E-state index contributed by atoms with van der Waals surface area (Å²) in [6, 6.07) is 1.99. The normalized spacial score (nSPS) is 18.3. The van der Waals surface area contributed by atoms with Crippen LogP contribution in [0.15, 0.2) is 30.5 Å². The third kappa shape index (κ3) is 10.5. The highest BCUT2D eigenvalue weighted by atomic mass is 19.1.